The second kappa shape index (κ2) is 14.2. The topological polar surface area (TPSA) is 100 Å². The van der Waals surface area contributed by atoms with E-state index in [2.05, 4.69) is 25.6 Å². The van der Waals surface area contributed by atoms with E-state index in [1.807, 2.05) is 73.7 Å². The molecule has 1 atom stereocenters. The minimum atomic E-state index is -0.688. The number of carbonyl (C=O) groups excluding carboxylic acids is 1. The molecule has 0 aliphatic carbocycles. The van der Waals surface area contributed by atoms with Crippen LogP contribution in [0.2, 0.25) is 0 Å². The molecule has 5 rings (SSSR count). The zero-order chi connectivity index (χ0) is 27.9. The van der Waals surface area contributed by atoms with Crippen LogP contribution < -0.4 is 10.6 Å². The molecule has 0 aliphatic heterocycles. The SMILES string of the molecule is Cc1ccnc(Nc2ncc(Sc3ccnc(C(=O)NCC(c4ccccc4)c4cccc(CO)c4)c3F)s2)c1.Cl. The van der Waals surface area contributed by atoms with E-state index >= 15 is 4.39 Å². The number of carbonyl (C=O) groups is 1. The van der Waals surface area contributed by atoms with E-state index in [1.165, 1.54) is 29.3 Å². The van der Waals surface area contributed by atoms with E-state index in [9.17, 15) is 9.90 Å². The van der Waals surface area contributed by atoms with Crippen LogP contribution in [0.3, 0.4) is 0 Å². The molecule has 11 heteroatoms. The monoisotopic (exact) mass is 607 g/mol. The molecule has 0 fully saturated rings. The first kappa shape index (κ1) is 30.1. The van der Waals surface area contributed by atoms with Crippen molar-refractivity contribution in [1.29, 1.82) is 0 Å². The molecule has 0 aliphatic rings. The van der Waals surface area contributed by atoms with E-state index in [0.717, 1.165) is 26.5 Å². The van der Waals surface area contributed by atoms with Crippen molar-refractivity contribution in [1.82, 2.24) is 20.3 Å². The van der Waals surface area contributed by atoms with Crippen LogP contribution in [0.25, 0.3) is 0 Å². The Labute approximate surface area is 251 Å². The molecule has 7 nitrogen and oxygen atoms in total. The number of nitrogens with zero attached hydrogens (tertiary/aromatic N) is 3. The molecule has 2 aromatic carbocycles. The highest BCUT2D eigenvalue weighted by Gasteiger charge is 2.21. The van der Waals surface area contributed by atoms with Gasteiger partial charge in [-0.15, -0.1) is 12.4 Å². The van der Waals surface area contributed by atoms with Gasteiger partial charge in [-0.25, -0.2) is 19.3 Å². The molecule has 0 saturated heterocycles. The van der Waals surface area contributed by atoms with Gasteiger partial charge in [0.15, 0.2) is 16.6 Å². The third-order valence-electron chi connectivity index (χ3n) is 6.12. The number of aryl methyl sites for hydroxylation is 1. The first-order valence-electron chi connectivity index (χ1n) is 12.5. The Hall–Kier alpha value is -3.83. The Morgan fingerprint density at radius 1 is 1.00 bits per heavy atom. The zero-order valence-corrected chi connectivity index (χ0v) is 24.4. The van der Waals surface area contributed by atoms with Gasteiger partial charge < -0.3 is 15.7 Å². The maximum Gasteiger partial charge on any atom is 0.273 e. The summed E-state index contributed by atoms with van der Waals surface area (Å²) in [5.74, 6) is -0.803. The molecule has 1 amide bonds. The maximum absolute atomic E-state index is 15.5. The molecular formula is C30H27ClFN5O2S2. The summed E-state index contributed by atoms with van der Waals surface area (Å²) in [6.45, 7) is 2.13. The predicted molar refractivity (Wildman–Crippen MR) is 163 cm³/mol. The van der Waals surface area contributed by atoms with Crippen LogP contribution in [0.1, 0.15) is 38.7 Å². The van der Waals surface area contributed by atoms with Gasteiger partial charge in [-0.3, -0.25) is 4.79 Å². The quantitative estimate of drug-likeness (QED) is 0.161. The molecule has 3 heterocycles. The van der Waals surface area contributed by atoms with Gasteiger partial charge in [0, 0.05) is 24.9 Å². The number of halogens is 2. The Bertz CT molecular complexity index is 1620. The van der Waals surface area contributed by atoms with Gasteiger partial charge in [-0.05, 0) is 47.4 Å². The Morgan fingerprint density at radius 3 is 2.56 bits per heavy atom. The van der Waals surface area contributed by atoms with Crippen molar-refractivity contribution in [3.8, 4) is 0 Å². The van der Waals surface area contributed by atoms with Gasteiger partial charge in [0.2, 0.25) is 0 Å². The number of rotatable bonds is 10. The third-order valence-corrected chi connectivity index (χ3v) is 8.17. The second-order valence-corrected chi connectivity index (χ2v) is 11.4. The summed E-state index contributed by atoms with van der Waals surface area (Å²) in [5.41, 5.74) is 3.51. The smallest absolute Gasteiger partial charge is 0.273 e. The van der Waals surface area contributed by atoms with Crippen LogP contribution in [-0.4, -0.2) is 32.5 Å². The van der Waals surface area contributed by atoms with Crippen LogP contribution in [-0.2, 0) is 6.61 Å². The largest absolute Gasteiger partial charge is 0.392 e. The number of anilines is 2. The van der Waals surface area contributed by atoms with Crippen molar-refractivity contribution in [2.24, 2.45) is 0 Å². The van der Waals surface area contributed by atoms with Crippen LogP contribution in [0.5, 0.6) is 0 Å². The fourth-order valence-electron chi connectivity index (χ4n) is 4.15. The Morgan fingerprint density at radius 2 is 1.78 bits per heavy atom. The first-order chi connectivity index (χ1) is 19.5. The summed E-state index contributed by atoms with van der Waals surface area (Å²) >= 11 is 2.54. The summed E-state index contributed by atoms with van der Waals surface area (Å²) < 4.78 is 16.2. The number of nitrogens with one attached hydrogen (secondary N) is 2. The zero-order valence-electron chi connectivity index (χ0n) is 22.0. The summed E-state index contributed by atoms with van der Waals surface area (Å²) in [7, 11) is 0. The predicted octanol–water partition coefficient (Wildman–Crippen LogP) is 6.75. The van der Waals surface area contributed by atoms with Crippen LogP contribution in [0.4, 0.5) is 15.3 Å². The highest BCUT2D eigenvalue weighted by Crippen LogP contribution is 2.36. The van der Waals surface area contributed by atoms with E-state index in [4.69, 9.17) is 0 Å². The van der Waals surface area contributed by atoms with Crippen molar-refractivity contribution >= 4 is 52.4 Å². The molecule has 0 saturated carbocycles. The minimum Gasteiger partial charge on any atom is -0.392 e. The molecular weight excluding hydrogens is 581 g/mol. The number of amides is 1. The molecule has 3 aromatic heterocycles. The molecule has 0 radical (unpaired) electrons. The average Bonchev–Trinajstić information content (AvgIpc) is 3.41. The fraction of sp³-hybridized carbons (Fsp3) is 0.133. The Kier molecular flexibility index (Phi) is 10.4. The van der Waals surface area contributed by atoms with Gasteiger partial charge >= 0.3 is 0 Å². The number of aliphatic hydroxyl groups is 1. The van der Waals surface area contributed by atoms with E-state index in [0.29, 0.717) is 10.9 Å². The van der Waals surface area contributed by atoms with E-state index < -0.39 is 11.7 Å². The second-order valence-electron chi connectivity index (χ2n) is 8.98. The normalized spacial score (nSPS) is 11.4. The molecule has 3 N–H and O–H groups in total. The third kappa shape index (κ3) is 7.68. The lowest BCUT2D eigenvalue weighted by Gasteiger charge is -2.19. The average molecular weight is 608 g/mol. The molecule has 0 spiro atoms. The number of thiazole rings is 1. The molecule has 210 valence electrons. The lowest BCUT2D eigenvalue weighted by molar-refractivity contribution is 0.0942. The van der Waals surface area contributed by atoms with Gasteiger partial charge in [-0.2, -0.15) is 0 Å². The van der Waals surface area contributed by atoms with Crippen molar-refractivity contribution in [3.05, 3.63) is 125 Å². The van der Waals surface area contributed by atoms with Gasteiger partial charge in [0.25, 0.3) is 5.91 Å². The lowest BCUT2D eigenvalue weighted by Crippen LogP contribution is -2.30. The van der Waals surface area contributed by atoms with Crippen LogP contribution in [0, 0.1) is 12.7 Å². The lowest BCUT2D eigenvalue weighted by atomic mass is 9.90. The van der Waals surface area contributed by atoms with Crippen molar-refractivity contribution < 1.29 is 14.3 Å². The Balaban J connectivity index is 0.00000387. The summed E-state index contributed by atoms with van der Waals surface area (Å²) in [5, 5.41) is 16.2. The van der Waals surface area contributed by atoms with Crippen LogP contribution in [0.15, 0.2) is 100 Å². The summed E-state index contributed by atoms with van der Waals surface area (Å²) in [6.07, 6.45) is 4.79. The van der Waals surface area contributed by atoms with Gasteiger partial charge in [0.05, 0.1) is 21.9 Å². The molecule has 5 aromatic rings. The van der Waals surface area contributed by atoms with Crippen molar-refractivity contribution in [2.45, 2.75) is 28.6 Å². The number of aliphatic hydroxyl groups excluding tert-OH is 1. The minimum absolute atomic E-state index is 0. The summed E-state index contributed by atoms with van der Waals surface area (Å²) in [4.78, 5) is 26.0. The maximum atomic E-state index is 15.5. The number of aromatic nitrogens is 3. The highest BCUT2D eigenvalue weighted by molar-refractivity contribution is 8.01. The highest BCUT2D eigenvalue weighted by atomic mass is 35.5. The molecule has 41 heavy (non-hydrogen) atoms. The standard InChI is InChI=1S/C30H26FN5O2S2.ClH/c1-19-10-12-32-25(14-19)36-30-35-17-26(40-30)39-24-11-13-33-28(27(24)31)29(38)34-16-23(21-7-3-2-4-8-21)22-9-5-6-20(15-22)18-37;/h2-15,17,23,37H,16,18H2,1H3,(H,34,38)(H,32,35,36);1H. The van der Waals surface area contributed by atoms with Crippen LogP contribution >= 0.6 is 35.5 Å². The van der Waals surface area contributed by atoms with Crippen molar-refractivity contribution in [3.63, 3.8) is 0 Å². The van der Waals surface area contributed by atoms with Gasteiger partial charge in [-0.1, -0.05) is 77.7 Å². The number of pyridine rings is 2. The molecule has 0 bridgehead atoms. The van der Waals surface area contributed by atoms with E-state index in [-0.39, 0.29) is 42.1 Å². The first-order valence-corrected chi connectivity index (χ1v) is 14.1. The summed E-state index contributed by atoms with van der Waals surface area (Å²) in [6, 6.07) is 22.7. The fourth-order valence-corrected chi connectivity index (χ4v) is 6.02. The number of benzene rings is 2. The molecule has 1 unspecified atom stereocenters. The number of hydrogen-bond acceptors (Lipinski definition) is 8. The van der Waals surface area contributed by atoms with Crippen molar-refractivity contribution in [2.75, 3.05) is 11.9 Å². The van der Waals surface area contributed by atoms with E-state index in [1.54, 1.807) is 18.5 Å². The van der Waals surface area contributed by atoms with Gasteiger partial charge in [0.1, 0.15) is 5.82 Å². The number of hydrogen-bond donors (Lipinski definition) is 3.